The van der Waals surface area contributed by atoms with Crippen molar-refractivity contribution in [2.45, 2.75) is 31.3 Å². The zero-order valence-electron chi connectivity index (χ0n) is 15.3. The van der Waals surface area contributed by atoms with Gasteiger partial charge in [0.2, 0.25) is 0 Å². The highest BCUT2D eigenvalue weighted by Crippen LogP contribution is 2.32. The first kappa shape index (κ1) is 18.0. The van der Waals surface area contributed by atoms with E-state index >= 15 is 0 Å². The summed E-state index contributed by atoms with van der Waals surface area (Å²) in [4.78, 5) is 18.9. The van der Waals surface area contributed by atoms with E-state index in [0.29, 0.717) is 6.54 Å². The summed E-state index contributed by atoms with van der Waals surface area (Å²) in [5.41, 5.74) is 4.46. The molecule has 0 fully saturated rings. The first-order valence-corrected chi connectivity index (χ1v) is 10.7. The standard InChI is InChI=1S/C22H20N2OS2/c1-3-24-21(25)20-18(13-19(27-20)17-10-5-4-6-11-17)23-22(24)26-14-16-9-7-8-15(2)12-16/h4-13H,3,14H2,1-2H3. The Bertz CT molecular complexity index is 1150. The fourth-order valence-electron chi connectivity index (χ4n) is 3.07. The third-order valence-corrected chi connectivity index (χ3v) is 6.63. The summed E-state index contributed by atoms with van der Waals surface area (Å²) < 4.78 is 2.52. The molecule has 2 aromatic heterocycles. The van der Waals surface area contributed by atoms with Crippen molar-refractivity contribution in [3.8, 4) is 10.4 Å². The summed E-state index contributed by atoms with van der Waals surface area (Å²) in [5, 5.41) is 0.786. The van der Waals surface area contributed by atoms with Crippen molar-refractivity contribution in [3.63, 3.8) is 0 Å². The third-order valence-electron chi connectivity index (χ3n) is 4.42. The number of nitrogens with zero attached hydrogens (tertiary/aromatic N) is 2. The Morgan fingerprint density at radius 3 is 2.63 bits per heavy atom. The van der Waals surface area contributed by atoms with Gasteiger partial charge in [-0.15, -0.1) is 11.3 Å². The fraction of sp³-hybridized carbons (Fsp3) is 0.182. The number of hydrogen-bond donors (Lipinski definition) is 0. The minimum atomic E-state index is 0.0569. The molecule has 0 aliphatic carbocycles. The van der Waals surface area contributed by atoms with Gasteiger partial charge in [0.25, 0.3) is 5.56 Å². The second-order valence-corrected chi connectivity index (χ2v) is 8.41. The molecular formula is C22H20N2OS2. The molecule has 27 heavy (non-hydrogen) atoms. The van der Waals surface area contributed by atoms with Crippen LogP contribution in [0.3, 0.4) is 0 Å². The molecule has 5 heteroatoms. The van der Waals surface area contributed by atoms with Crippen molar-refractivity contribution >= 4 is 33.3 Å². The van der Waals surface area contributed by atoms with Gasteiger partial charge in [0.1, 0.15) is 4.70 Å². The van der Waals surface area contributed by atoms with Crippen LogP contribution < -0.4 is 5.56 Å². The van der Waals surface area contributed by atoms with Crippen LogP contribution >= 0.6 is 23.1 Å². The molecule has 0 saturated carbocycles. The molecule has 3 nitrogen and oxygen atoms in total. The summed E-state index contributed by atoms with van der Waals surface area (Å²) in [5.74, 6) is 0.801. The molecule has 0 aliphatic heterocycles. The number of fused-ring (bicyclic) bond motifs is 1. The predicted octanol–water partition coefficient (Wildman–Crippen LogP) is 5.75. The number of rotatable bonds is 5. The second-order valence-electron chi connectivity index (χ2n) is 6.41. The second kappa shape index (κ2) is 7.71. The van der Waals surface area contributed by atoms with Gasteiger partial charge in [0.05, 0.1) is 5.52 Å². The highest BCUT2D eigenvalue weighted by Gasteiger charge is 2.14. The number of benzene rings is 2. The molecule has 0 atom stereocenters. The fourth-order valence-corrected chi connectivity index (χ4v) is 5.13. The first-order chi connectivity index (χ1) is 13.2. The quantitative estimate of drug-likeness (QED) is 0.321. The Balaban J connectivity index is 1.73. The van der Waals surface area contributed by atoms with Crippen molar-refractivity contribution < 1.29 is 0 Å². The van der Waals surface area contributed by atoms with Crippen LogP contribution in [0.2, 0.25) is 0 Å². The Morgan fingerprint density at radius 1 is 1.07 bits per heavy atom. The third kappa shape index (κ3) is 3.70. The number of thioether (sulfide) groups is 1. The molecule has 0 spiro atoms. The molecule has 2 aromatic carbocycles. The highest BCUT2D eigenvalue weighted by molar-refractivity contribution is 7.98. The van der Waals surface area contributed by atoms with Crippen LogP contribution in [-0.2, 0) is 12.3 Å². The van der Waals surface area contributed by atoms with Crippen LogP contribution in [0, 0.1) is 6.92 Å². The van der Waals surface area contributed by atoms with Crippen LogP contribution in [0.25, 0.3) is 20.7 Å². The Kier molecular flexibility index (Phi) is 5.14. The monoisotopic (exact) mass is 392 g/mol. The van der Waals surface area contributed by atoms with Crippen LogP contribution in [0.4, 0.5) is 0 Å². The van der Waals surface area contributed by atoms with Crippen molar-refractivity contribution in [1.82, 2.24) is 9.55 Å². The summed E-state index contributed by atoms with van der Waals surface area (Å²) in [6.45, 7) is 4.71. The zero-order chi connectivity index (χ0) is 18.8. The van der Waals surface area contributed by atoms with Gasteiger partial charge in [-0.1, -0.05) is 71.9 Å². The number of hydrogen-bond acceptors (Lipinski definition) is 4. The first-order valence-electron chi connectivity index (χ1n) is 8.94. The van der Waals surface area contributed by atoms with Crippen molar-refractivity contribution in [2.75, 3.05) is 0 Å². The Morgan fingerprint density at radius 2 is 1.89 bits per heavy atom. The molecular weight excluding hydrogens is 372 g/mol. The smallest absolute Gasteiger partial charge is 0.272 e. The lowest BCUT2D eigenvalue weighted by molar-refractivity contribution is 0.635. The van der Waals surface area contributed by atoms with Crippen LogP contribution in [-0.4, -0.2) is 9.55 Å². The van der Waals surface area contributed by atoms with E-state index in [1.54, 1.807) is 16.3 Å². The van der Waals surface area contributed by atoms with Gasteiger partial charge < -0.3 is 0 Å². The van der Waals surface area contributed by atoms with E-state index in [4.69, 9.17) is 4.98 Å². The van der Waals surface area contributed by atoms with Crippen LogP contribution in [0.5, 0.6) is 0 Å². The van der Waals surface area contributed by atoms with Crippen LogP contribution in [0.1, 0.15) is 18.1 Å². The maximum absolute atomic E-state index is 13.0. The van der Waals surface area contributed by atoms with Crippen molar-refractivity contribution in [1.29, 1.82) is 0 Å². The van der Waals surface area contributed by atoms with E-state index in [9.17, 15) is 4.79 Å². The molecule has 0 saturated heterocycles. The maximum atomic E-state index is 13.0. The molecule has 0 radical (unpaired) electrons. The van der Waals surface area contributed by atoms with Crippen molar-refractivity contribution in [2.24, 2.45) is 0 Å². The molecule has 136 valence electrons. The van der Waals surface area contributed by atoms with E-state index < -0.39 is 0 Å². The van der Waals surface area contributed by atoms with Crippen molar-refractivity contribution in [3.05, 3.63) is 82.1 Å². The normalized spacial score (nSPS) is 11.2. The van der Waals surface area contributed by atoms with E-state index in [1.807, 2.05) is 31.2 Å². The Hall–Kier alpha value is -2.37. The largest absolute Gasteiger partial charge is 0.287 e. The summed E-state index contributed by atoms with van der Waals surface area (Å²) in [6, 6.07) is 20.7. The highest BCUT2D eigenvalue weighted by atomic mass is 32.2. The minimum absolute atomic E-state index is 0.0569. The lowest BCUT2D eigenvalue weighted by atomic mass is 10.2. The Labute approximate surface area is 166 Å². The zero-order valence-corrected chi connectivity index (χ0v) is 16.9. The minimum Gasteiger partial charge on any atom is -0.287 e. The number of aromatic nitrogens is 2. The van der Waals surface area contributed by atoms with E-state index in [-0.39, 0.29) is 5.56 Å². The number of thiophene rings is 1. The maximum Gasteiger partial charge on any atom is 0.272 e. The summed E-state index contributed by atoms with van der Waals surface area (Å²) in [6.07, 6.45) is 0. The van der Waals surface area contributed by atoms with Gasteiger partial charge in [-0.05, 0) is 31.0 Å². The predicted molar refractivity (Wildman–Crippen MR) is 116 cm³/mol. The van der Waals surface area contributed by atoms with Gasteiger partial charge in [0.15, 0.2) is 5.16 Å². The average Bonchev–Trinajstić information content (AvgIpc) is 3.12. The molecule has 0 N–H and O–H groups in total. The molecule has 0 unspecified atom stereocenters. The van der Waals surface area contributed by atoms with Gasteiger partial charge in [0, 0.05) is 17.2 Å². The lowest BCUT2D eigenvalue weighted by Gasteiger charge is -2.09. The average molecular weight is 393 g/mol. The SMILES string of the molecule is CCn1c(SCc2cccc(C)c2)nc2cc(-c3ccccc3)sc2c1=O. The molecule has 0 amide bonds. The van der Waals surface area contributed by atoms with E-state index in [1.165, 1.54) is 22.5 Å². The molecule has 4 aromatic rings. The van der Waals surface area contributed by atoms with Gasteiger partial charge in [-0.2, -0.15) is 0 Å². The van der Waals surface area contributed by atoms with E-state index in [0.717, 1.165) is 31.6 Å². The summed E-state index contributed by atoms with van der Waals surface area (Å²) in [7, 11) is 0. The topological polar surface area (TPSA) is 34.9 Å². The molecule has 4 rings (SSSR count). The number of aryl methyl sites for hydroxylation is 1. The van der Waals surface area contributed by atoms with Gasteiger partial charge in [-0.25, -0.2) is 4.98 Å². The van der Waals surface area contributed by atoms with Gasteiger partial charge in [-0.3, -0.25) is 9.36 Å². The lowest BCUT2D eigenvalue weighted by Crippen LogP contribution is -2.21. The van der Waals surface area contributed by atoms with Gasteiger partial charge >= 0.3 is 0 Å². The van der Waals surface area contributed by atoms with Crippen LogP contribution in [0.15, 0.2) is 70.6 Å². The molecule has 0 bridgehead atoms. The summed E-state index contributed by atoms with van der Waals surface area (Å²) >= 11 is 3.15. The molecule has 0 aliphatic rings. The molecule has 2 heterocycles. The van der Waals surface area contributed by atoms with E-state index in [2.05, 4.69) is 43.3 Å².